The van der Waals surface area contributed by atoms with Crippen molar-refractivity contribution in [3.05, 3.63) is 42.4 Å². The highest BCUT2D eigenvalue weighted by atomic mass is 16.5. The Morgan fingerprint density at radius 3 is 3.35 bits per heavy atom. The highest BCUT2D eigenvalue weighted by Gasteiger charge is 2.15. The van der Waals surface area contributed by atoms with E-state index in [1.807, 2.05) is 28.8 Å². The molecule has 0 spiro atoms. The van der Waals surface area contributed by atoms with Crippen molar-refractivity contribution in [1.82, 2.24) is 14.7 Å². The molecule has 1 aliphatic heterocycles. The molecular formula is C15H17N3O2. The maximum absolute atomic E-state index is 11.7. The number of carbonyl (C=O) groups excluding carboxylic acids is 1. The Labute approximate surface area is 117 Å². The number of aromatic nitrogens is 2. The average Bonchev–Trinajstić information content (AvgIpc) is 3.12. The van der Waals surface area contributed by atoms with Crippen LogP contribution in [-0.2, 0) is 9.53 Å². The van der Waals surface area contributed by atoms with Crippen molar-refractivity contribution in [2.24, 2.45) is 0 Å². The van der Waals surface area contributed by atoms with Gasteiger partial charge in [-0.05, 0) is 31.1 Å². The lowest BCUT2D eigenvalue weighted by atomic mass is 10.2. The minimum absolute atomic E-state index is 0.105. The summed E-state index contributed by atoms with van der Waals surface area (Å²) in [5.41, 5.74) is 1.75. The molecule has 1 N–H and O–H groups in total. The van der Waals surface area contributed by atoms with Crippen molar-refractivity contribution in [2.45, 2.75) is 18.9 Å². The van der Waals surface area contributed by atoms with Crippen molar-refractivity contribution in [3.63, 3.8) is 0 Å². The van der Waals surface area contributed by atoms with Crippen molar-refractivity contribution in [2.75, 3.05) is 13.2 Å². The van der Waals surface area contributed by atoms with E-state index in [0.29, 0.717) is 6.54 Å². The third kappa shape index (κ3) is 2.88. The number of fused-ring (bicyclic) bond motifs is 1. The quantitative estimate of drug-likeness (QED) is 0.860. The van der Waals surface area contributed by atoms with Crippen LogP contribution in [-0.4, -0.2) is 34.5 Å². The summed E-state index contributed by atoms with van der Waals surface area (Å²) in [5.74, 6) is -0.105. The van der Waals surface area contributed by atoms with Gasteiger partial charge in [0.25, 0.3) is 0 Å². The first kappa shape index (κ1) is 12.9. The Kier molecular flexibility index (Phi) is 3.78. The fraction of sp³-hybridized carbons (Fsp3) is 0.333. The lowest BCUT2D eigenvalue weighted by Crippen LogP contribution is -2.30. The van der Waals surface area contributed by atoms with E-state index in [4.69, 9.17) is 4.74 Å². The summed E-state index contributed by atoms with van der Waals surface area (Å²) in [5, 5.41) is 2.85. The molecule has 2 aromatic rings. The fourth-order valence-electron chi connectivity index (χ4n) is 2.32. The smallest absolute Gasteiger partial charge is 0.244 e. The second-order valence-electron chi connectivity index (χ2n) is 4.83. The van der Waals surface area contributed by atoms with E-state index in [1.54, 1.807) is 12.3 Å². The van der Waals surface area contributed by atoms with E-state index in [2.05, 4.69) is 10.3 Å². The number of ether oxygens (including phenoxy) is 1. The van der Waals surface area contributed by atoms with Gasteiger partial charge in [-0.1, -0.05) is 6.07 Å². The summed E-state index contributed by atoms with van der Waals surface area (Å²) in [7, 11) is 0. The number of hydrogen-bond acceptors (Lipinski definition) is 3. The molecule has 3 rings (SSSR count). The molecular weight excluding hydrogens is 254 g/mol. The number of carbonyl (C=O) groups is 1. The molecule has 3 heterocycles. The van der Waals surface area contributed by atoms with Gasteiger partial charge in [0.1, 0.15) is 5.65 Å². The van der Waals surface area contributed by atoms with Gasteiger partial charge in [-0.15, -0.1) is 0 Å². The van der Waals surface area contributed by atoms with Gasteiger partial charge in [-0.25, -0.2) is 4.98 Å². The number of nitrogens with zero attached hydrogens (tertiary/aromatic N) is 2. The summed E-state index contributed by atoms with van der Waals surface area (Å²) in [6, 6.07) is 5.79. The topological polar surface area (TPSA) is 55.6 Å². The number of hydrogen-bond donors (Lipinski definition) is 1. The standard InChI is InChI=1S/C15H17N3O2/c19-15(17-11-13-4-3-9-20-13)7-6-12-10-16-14-5-1-2-8-18(12)14/h1-2,5-8,10,13H,3-4,9,11H2,(H,17,19)/b7-6+. The monoisotopic (exact) mass is 271 g/mol. The molecule has 104 valence electrons. The summed E-state index contributed by atoms with van der Waals surface area (Å²) >= 11 is 0. The predicted molar refractivity (Wildman–Crippen MR) is 76.2 cm³/mol. The molecule has 20 heavy (non-hydrogen) atoms. The third-order valence-corrected chi connectivity index (χ3v) is 3.38. The first-order valence-electron chi connectivity index (χ1n) is 6.82. The minimum atomic E-state index is -0.105. The van der Waals surface area contributed by atoms with Gasteiger partial charge in [0.15, 0.2) is 0 Å². The average molecular weight is 271 g/mol. The largest absolute Gasteiger partial charge is 0.376 e. The highest BCUT2D eigenvalue weighted by Crippen LogP contribution is 2.10. The molecule has 0 aromatic carbocycles. The van der Waals surface area contributed by atoms with Gasteiger partial charge in [0.2, 0.25) is 5.91 Å². The lowest BCUT2D eigenvalue weighted by molar-refractivity contribution is -0.116. The third-order valence-electron chi connectivity index (χ3n) is 3.38. The van der Waals surface area contributed by atoms with E-state index in [9.17, 15) is 4.79 Å². The van der Waals surface area contributed by atoms with Crippen LogP contribution in [0.25, 0.3) is 11.7 Å². The molecule has 1 atom stereocenters. The Morgan fingerprint density at radius 1 is 1.55 bits per heavy atom. The van der Waals surface area contributed by atoms with Gasteiger partial charge in [-0.2, -0.15) is 0 Å². The van der Waals surface area contributed by atoms with Gasteiger partial charge >= 0.3 is 0 Å². The fourth-order valence-corrected chi connectivity index (χ4v) is 2.32. The summed E-state index contributed by atoms with van der Waals surface area (Å²) in [6.45, 7) is 1.38. The van der Waals surface area contributed by atoms with E-state index in [0.717, 1.165) is 30.8 Å². The molecule has 1 unspecified atom stereocenters. The lowest BCUT2D eigenvalue weighted by Gasteiger charge is -2.08. The van der Waals surface area contributed by atoms with Crippen LogP contribution in [0.4, 0.5) is 0 Å². The van der Waals surface area contributed by atoms with Gasteiger partial charge < -0.3 is 14.5 Å². The zero-order valence-electron chi connectivity index (χ0n) is 11.2. The summed E-state index contributed by atoms with van der Waals surface area (Å²) < 4.78 is 7.39. The minimum Gasteiger partial charge on any atom is -0.376 e. The number of imidazole rings is 1. The van der Waals surface area contributed by atoms with Crippen LogP contribution in [0.3, 0.4) is 0 Å². The molecule has 0 aliphatic carbocycles. The maximum Gasteiger partial charge on any atom is 0.244 e. The Balaban J connectivity index is 1.60. The van der Waals surface area contributed by atoms with Crippen molar-refractivity contribution < 1.29 is 9.53 Å². The van der Waals surface area contributed by atoms with Crippen LogP contribution in [0.5, 0.6) is 0 Å². The van der Waals surface area contributed by atoms with Crippen LogP contribution in [0.15, 0.2) is 36.7 Å². The molecule has 5 nitrogen and oxygen atoms in total. The maximum atomic E-state index is 11.7. The molecule has 1 saturated heterocycles. The molecule has 1 fully saturated rings. The van der Waals surface area contributed by atoms with Crippen LogP contribution in [0.1, 0.15) is 18.5 Å². The van der Waals surface area contributed by atoms with Crippen molar-refractivity contribution in [3.8, 4) is 0 Å². The SMILES string of the molecule is O=C(/C=C/c1cnc2ccccn12)NCC1CCCO1. The van der Waals surface area contributed by atoms with E-state index in [1.165, 1.54) is 6.08 Å². The number of rotatable bonds is 4. The predicted octanol–water partition coefficient (Wildman–Crippen LogP) is 1.64. The zero-order valence-corrected chi connectivity index (χ0v) is 11.2. The van der Waals surface area contributed by atoms with Crippen molar-refractivity contribution in [1.29, 1.82) is 0 Å². The Hall–Kier alpha value is -2.14. The van der Waals surface area contributed by atoms with Crippen LogP contribution >= 0.6 is 0 Å². The van der Waals surface area contributed by atoms with Crippen LogP contribution < -0.4 is 5.32 Å². The molecule has 2 aromatic heterocycles. The molecule has 0 radical (unpaired) electrons. The van der Waals surface area contributed by atoms with E-state index >= 15 is 0 Å². The zero-order chi connectivity index (χ0) is 13.8. The normalized spacial score (nSPS) is 18.9. The first-order chi connectivity index (χ1) is 9.83. The highest BCUT2D eigenvalue weighted by molar-refractivity contribution is 5.91. The molecule has 5 heteroatoms. The Morgan fingerprint density at radius 2 is 2.50 bits per heavy atom. The van der Waals surface area contributed by atoms with Gasteiger partial charge in [0.05, 0.1) is 18.0 Å². The second kappa shape index (κ2) is 5.88. The van der Waals surface area contributed by atoms with E-state index < -0.39 is 0 Å². The summed E-state index contributed by atoms with van der Waals surface area (Å²) in [6.07, 6.45) is 9.25. The molecule has 1 amide bonds. The Bertz CT molecular complexity index is 627. The summed E-state index contributed by atoms with van der Waals surface area (Å²) in [4.78, 5) is 16.0. The van der Waals surface area contributed by atoms with E-state index in [-0.39, 0.29) is 12.0 Å². The van der Waals surface area contributed by atoms with Crippen LogP contribution in [0, 0.1) is 0 Å². The number of nitrogens with one attached hydrogen (secondary N) is 1. The number of amides is 1. The molecule has 1 aliphatic rings. The number of pyridine rings is 1. The van der Waals surface area contributed by atoms with Crippen LogP contribution in [0.2, 0.25) is 0 Å². The van der Waals surface area contributed by atoms with Gasteiger partial charge in [-0.3, -0.25) is 4.79 Å². The molecule has 0 bridgehead atoms. The first-order valence-corrected chi connectivity index (χ1v) is 6.82. The van der Waals surface area contributed by atoms with Gasteiger partial charge in [0, 0.05) is 25.4 Å². The van der Waals surface area contributed by atoms with Crippen molar-refractivity contribution >= 4 is 17.6 Å². The molecule has 0 saturated carbocycles. The second-order valence-corrected chi connectivity index (χ2v) is 4.83.